The summed E-state index contributed by atoms with van der Waals surface area (Å²) < 4.78 is 3.57. The lowest BCUT2D eigenvalue weighted by Crippen LogP contribution is -2.44. The molecule has 0 spiro atoms. The SMILES string of the molecule is CCC(C)(C#N)NC(=O)c1csnn1. The summed E-state index contributed by atoms with van der Waals surface area (Å²) in [6.45, 7) is 3.51. The van der Waals surface area contributed by atoms with Gasteiger partial charge in [-0.25, -0.2) is 0 Å². The highest BCUT2D eigenvalue weighted by atomic mass is 32.1. The highest BCUT2D eigenvalue weighted by Gasteiger charge is 2.25. The van der Waals surface area contributed by atoms with Crippen molar-refractivity contribution in [2.45, 2.75) is 25.8 Å². The Balaban J connectivity index is 2.71. The Hall–Kier alpha value is -1.48. The van der Waals surface area contributed by atoms with Gasteiger partial charge in [0.05, 0.1) is 6.07 Å². The molecule has 1 aromatic heterocycles. The number of nitriles is 1. The van der Waals surface area contributed by atoms with Crippen LogP contribution in [0.2, 0.25) is 0 Å². The highest BCUT2D eigenvalue weighted by molar-refractivity contribution is 7.03. The summed E-state index contributed by atoms with van der Waals surface area (Å²) >= 11 is 1.10. The minimum Gasteiger partial charge on any atom is -0.333 e. The summed E-state index contributed by atoms with van der Waals surface area (Å²) in [5.41, 5.74) is -0.578. The lowest BCUT2D eigenvalue weighted by atomic mass is 10.0. The smallest absolute Gasteiger partial charge is 0.273 e. The second kappa shape index (κ2) is 4.15. The molecular formula is C8H10N4OS. The largest absolute Gasteiger partial charge is 0.333 e. The molecule has 1 heterocycles. The van der Waals surface area contributed by atoms with Gasteiger partial charge in [-0.1, -0.05) is 11.4 Å². The monoisotopic (exact) mass is 210 g/mol. The summed E-state index contributed by atoms with van der Waals surface area (Å²) in [5, 5.41) is 16.6. The molecule has 5 nitrogen and oxygen atoms in total. The molecule has 0 saturated heterocycles. The first-order valence-corrected chi connectivity index (χ1v) is 4.96. The molecular weight excluding hydrogens is 200 g/mol. The molecule has 1 rings (SSSR count). The third-order valence-electron chi connectivity index (χ3n) is 1.94. The molecule has 1 amide bonds. The normalized spacial score (nSPS) is 14.1. The molecule has 1 N–H and O–H groups in total. The minimum absolute atomic E-state index is 0.255. The van der Waals surface area contributed by atoms with E-state index in [0.717, 1.165) is 11.5 Å². The number of carbonyl (C=O) groups excluding carboxylic acids is 1. The molecule has 0 fully saturated rings. The van der Waals surface area contributed by atoms with Crippen LogP contribution in [0, 0.1) is 11.3 Å². The zero-order chi connectivity index (χ0) is 10.6. The van der Waals surface area contributed by atoms with E-state index in [9.17, 15) is 4.79 Å². The number of nitrogens with one attached hydrogen (secondary N) is 1. The van der Waals surface area contributed by atoms with Gasteiger partial charge in [-0.3, -0.25) is 4.79 Å². The molecule has 0 aliphatic rings. The molecule has 0 aromatic carbocycles. The van der Waals surface area contributed by atoms with Crippen LogP contribution in [-0.4, -0.2) is 21.0 Å². The van der Waals surface area contributed by atoms with Crippen molar-refractivity contribution in [2.24, 2.45) is 0 Å². The standard InChI is InChI=1S/C8H10N4OS/c1-3-8(2,5-9)10-7(13)6-4-14-12-11-6/h4H,3H2,1-2H3,(H,10,13). The summed E-state index contributed by atoms with van der Waals surface area (Å²) in [7, 11) is 0. The van der Waals surface area contributed by atoms with Crippen molar-refractivity contribution in [3.05, 3.63) is 11.1 Å². The van der Waals surface area contributed by atoms with Crippen LogP contribution < -0.4 is 5.32 Å². The Bertz CT molecular complexity index is 356. The maximum absolute atomic E-state index is 11.5. The molecule has 0 aliphatic heterocycles. The highest BCUT2D eigenvalue weighted by Crippen LogP contribution is 2.08. The van der Waals surface area contributed by atoms with E-state index < -0.39 is 5.54 Å². The molecule has 14 heavy (non-hydrogen) atoms. The third kappa shape index (κ3) is 2.26. The van der Waals surface area contributed by atoms with Gasteiger partial charge < -0.3 is 5.32 Å². The fourth-order valence-corrected chi connectivity index (χ4v) is 1.21. The molecule has 1 atom stereocenters. The maximum Gasteiger partial charge on any atom is 0.273 e. The summed E-state index contributed by atoms with van der Waals surface area (Å²) in [6.07, 6.45) is 0.548. The van der Waals surface area contributed by atoms with Gasteiger partial charge in [0.25, 0.3) is 5.91 Å². The van der Waals surface area contributed by atoms with Crippen LogP contribution in [0.25, 0.3) is 0 Å². The molecule has 0 radical (unpaired) electrons. The topological polar surface area (TPSA) is 78.7 Å². The molecule has 1 aromatic rings. The van der Waals surface area contributed by atoms with E-state index >= 15 is 0 Å². The second-order valence-electron chi connectivity index (χ2n) is 3.04. The predicted octanol–water partition coefficient (Wildman–Crippen LogP) is 0.960. The fourth-order valence-electron chi connectivity index (χ4n) is 0.774. The van der Waals surface area contributed by atoms with E-state index in [2.05, 4.69) is 14.9 Å². The average molecular weight is 210 g/mol. The van der Waals surface area contributed by atoms with E-state index in [-0.39, 0.29) is 11.6 Å². The Morgan fingerprint density at radius 2 is 2.57 bits per heavy atom. The lowest BCUT2D eigenvalue weighted by Gasteiger charge is -2.20. The van der Waals surface area contributed by atoms with Crippen molar-refractivity contribution in [3.63, 3.8) is 0 Å². The summed E-state index contributed by atoms with van der Waals surface area (Å²) in [6, 6.07) is 2.04. The van der Waals surface area contributed by atoms with Crippen molar-refractivity contribution in [1.29, 1.82) is 5.26 Å². The van der Waals surface area contributed by atoms with Crippen molar-refractivity contribution < 1.29 is 4.79 Å². The molecule has 0 saturated carbocycles. The van der Waals surface area contributed by atoms with E-state index in [4.69, 9.17) is 5.26 Å². The Morgan fingerprint density at radius 1 is 1.86 bits per heavy atom. The molecule has 6 heteroatoms. The van der Waals surface area contributed by atoms with Gasteiger partial charge in [-0.05, 0) is 24.9 Å². The molecule has 1 unspecified atom stereocenters. The van der Waals surface area contributed by atoms with Crippen molar-refractivity contribution in [3.8, 4) is 6.07 Å². The van der Waals surface area contributed by atoms with Gasteiger partial charge >= 0.3 is 0 Å². The van der Waals surface area contributed by atoms with Gasteiger partial charge in [0.15, 0.2) is 5.69 Å². The van der Waals surface area contributed by atoms with Crippen molar-refractivity contribution in [2.75, 3.05) is 0 Å². The third-order valence-corrected chi connectivity index (χ3v) is 2.44. The van der Waals surface area contributed by atoms with Gasteiger partial charge in [0.2, 0.25) is 0 Å². The average Bonchev–Trinajstić information content (AvgIpc) is 2.70. The quantitative estimate of drug-likeness (QED) is 0.805. The van der Waals surface area contributed by atoms with Gasteiger partial charge in [-0.2, -0.15) is 5.26 Å². The zero-order valence-corrected chi connectivity index (χ0v) is 8.76. The number of hydrogen-bond donors (Lipinski definition) is 1. The number of carbonyl (C=O) groups is 1. The number of amides is 1. The first-order valence-electron chi connectivity index (χ1n) is 4.12. The Morgan fingerprint density at radius 3 is 3.00 bits per heavy atom. The van der Waals surface area contributed by atoms with Gasteiger partial charge in [0.1, 0.15) is 5.54 Å². The zero-order valence-electron chi connectivity index (χ0n) is 7.94. The van der Waals surface area contributed by atoms with Gasteiger partial charge in [-0.15, -0.1) is 5.10 Å². The van der Waals surface area contributed by atoms with E-state index in [1.165, 1.54) is 0 Å². The molecule has 0 bridgehead atoms. The van der Waals surface area contributed by atoms with E-state index in [1.807, 2.05) is 13.0 Å². The number of nitrogens with zero attached hydrogens (tertiary/aromatic N) is 3. The molecule has 0 aliphatic carbocycles. The predicted molar refractivity (Wildman–Crippen MR) is 51.7 cm³/mol. The first-order chi connectivity index (χ1) is 6.61. The van der Waals surface area contributed by atoms with Crippen LogP contribution in [0.3, 0.4) is 0 Å². The van der Waals surface area contributed by atoms with Crippen LogP contribution in [0.1, 0.15) is 30.8 Å². The van der Waals surface area contributed by atoms with Crippen molar-refractivity contribution in [1.82, 2.24) is 14.9 Å². The van der Waals surface area contributed by atoms with Crippen molar-refractivity contribution >= 4 is 17.4 Å². The van der Waals surface area contributed by atoms with Crippen LogP contribution in [-0.2, 0) is 0 Å². The van der Waals surface area contributed by atoms with Crippen LogP contribution in [0.15, 0.2) is 5.38 Å². The number of aromatic nitrogens is 2. The van der Waals surface area contributed by atoms with E-state index in [0.29, 0.717) is 6.42 Å². The van der Waals surface area contributed by atoms with Crippen LogP contribution >= 0.6 is 11.5 Å². The fraction of sp³-hybridized carbons (Fsp3) is 0.500. The van der Waals surface area contributed by atoms with E-state index in [1.54, 1.807) is 12.3 Å². The number of rotatable bonds is 3. The van der Waals surface area contributed by atoms with Crippen LogP contribution in [0.5, 0.6) is 0 Å². The van der Waals surface area contributed by atoms with Crippen LogP contribution in [0.4, 0.5) is 0 Å². The Labute approximate surface area is 85.9 Å². The Kier molecular flexibility index (Phi) is 3.14. The molecule has 74 valence electrons. The maximum atomic E-state index is 11.5. The number of hydrogen-bond acceptors (Lipinski definition) is 5. The summed E-state index contributed by atoms with van der Waals surface area (Å²) in [4.78, 5) is 11.5. The van der Waals surface area contributed by atoms with Gasteiger partial charge in [0, 0.05) is 5.38 Å². The lowest BCUT2D eigenvalue weighted by molar-refractivity contribution is 0.0918. The first kappa shape index (κ1) is 10.6. The minimum atomic E-state index is -0.833. The summed E-state index contributed by atoms with van der Waals surface area (Å²) in [5.74, 6) is -0.357. The second-order valence-corrected chi connectivity index (χ2v) is 3.65.